The van der Waals surface area contributed by atoms with Gasteiger partial charge in [-0.25, -0.2) is 0 Å². The molecule has 2 aromatic heterocycles. The predicted octanol–water partition coefficient (Wildman–Crippen LogP) is 2.60. The number of halogens is 1. The zero-order valence-corrected chi connectivity index (χ0v) is 8.69. The van der Waals surface area contributed by atoms with Gasteiger partial charge in [0, 0.05) is 24.4 Å². The van der Waals surface area contributed by atoms with Crippen molar-refractivity contribution < 1.29 is 9.52 Å². The smallest absolute Gasteiger partial charge is 0.198 e. The molecule has 0 aliphatic heterocycles. The highest BCUT2D eigenvalue weighted by atomic mass is 35.5. The Morgan fingerprint density at radius 2 is 2.33 bits per heavy atom. The van der Waals surface area contributed by atoms with Crippen molar-refractivity contribution in [2.24, 2.45) is 0 Å². The van der Waals surface area contributed by atoms with Crippen LogP contribution < -0.4 is 0 Å². The van der Waals surface area contributed by atoms with Crippen LogP contribution in [0.5, 0.6) is 0 Å². The SMILES string of the molecule is OC(Cc1cccnc1)c1ccoc1Cl. The van der Waals surface area contributed by atoms with E-state index in [1.165, 1.54) is 6.26 Å². The molecule has 1 atom stereocenters. The van der Waals surface area contributed by atoms with Crippen LogP contribution in [0.15, 0.2) is 41.3 Å². The number of furan rings is 1. The van der Waals surface area contributed by atoms with Crippen LogP contribution in [0.3, 0.4) is 0 Å². The number of aliphatic hydroxyl groups is 1. The van der Waals surface area contributed by atoms with E-state index in [0.29, 0.717) is 12.0 Å². The van der Waals surface area contributed by atoms with Gasteiger partial charge in [0.05, 0.1) is 12.4 Å². The summed E-state index contributed by atoms with van der Waals surface area (Å²) < 4.78 is 4.91. The molecule has 0 saturated carbocycles. The van der Waals surface area contributed by atoms with Crippen molar-refractivity contribution >= 4 is 11.6 Å². The first kappa shape index (κ1) is 10.2. The summed E-state index contributed by atoms with van der Waals surface area (Å²) in [5.41, 5.74) is 1.57. The van der Waals surface area contributed by atoms with Crippen LogP contribution in [0, 0.1) is 0 Å². The van der Waals surface area contributed by atoms with Crippen molar-refractivity contribution in [2.75, 3.05) is 0 Å². The van der Waals surface area contributed by atoms with Gasteiger partial charge in [0.15, 0.2) is 5.22 Å². The lowest BCUT2D eigenvalue weighted by molar-refractivity contribution is 0.177. The van der Waals surface area contributed by atoms with E-state index in [1.54, 1.807) is 18.5 Å². The fraction of sp³-hybridized carbons (Fsp3) is 0.182. The highest BCUT2D eigenvalue weighted by Gasteiger charge is 2.14. The quantitative estimate of drug-likeness (QED) is 0.870. The second-order valence-corrected chi connectivity index (χ2v) is 3.57. The summed E-state index contributed by atoms with van der Waals surface area (Å²) in [5, 5.41) is 10.1. The number of pyridine rings is 1. The Bertz CT molecular complexity index is 427. The molecule has 2 aromatic rings. The van der Waals surface area contributed by atoms with E-state index in [9.17, 15) is 5.11 Å². The lowest BCUT2D eigenvalue weighted by Crippen LogP contribution is -2.01. The second kappa shape index (κ2) is 4.47. The average molecular weight is 224 g/mol. The molecule has 0 aliphatic rings. The normalized spacial score (nSPS) is 12.7. The Labute approximate surface area is 92.3 Å². The summed E-state index contributed by atoms with van der Waals surface area (Å²) in [6, 6.07) is 5.41. The molecule has 0 fully saturated rings. The maximum atomic E-state index is 9.87. The molecule has 4 heteroatoms. The minimum absolute atomic E-state index is 0.242. The Morgan fingerprint density at radius 1 is 1.47 bits per heavy atom. The largest absolute Gasteiger partial charge is 0.453 e. The summed E-state index contributed by atoms with van der Waals surface area (Å²) in [6.07, 6.45) is 4.70. The van der Waals surface area contributed by atoms with E-state index < -0.39 is 6.10 Å². The van der Waals surface area contributed by atoms with Gasteiger partial charge in [-0.1, -0.05) is 6.07 Å². The number of hydrogen-bond donors (Lipinski definition) is 1. The van der Waals surface area contributed by atoms with Gasteiger partial charge in [-0.05, 0) is 29.3 Å². The summed E-state index contributed by atoms with van der Waals surface area (Å²) >= 11 is 5.76. The van der Waals surface area contributed by atoms with Gasteiger partial charge in [-0.3, -0.25) is 4.98 Å². The van der Waals surface area contributed by atoms with Crippen LogP contribution in [0.1, 0.15) is 17.2 Å². The van der Waals surface area contributed by atoms with Crippen LogP contribution in [0.25, 0.3) is 0 Å². The summed E-state index contributed by atoms with van der Waals surface area (Å²) in [6.45, 7) is 0. The van der Waals surface area contributed by atoms with E-state index in [0.717, 1.165) is 5.56 Å². The number of aliphatic hydroxyl groups excluding tert-OH is 1. The third-order valence-electron chi connectivity index (χ3n) is 2.16. The molecule has 15 heavy (non-hydrogen) atoms. The fourth-order valence-electron chi connectivity index (χ4n) is 1.39. The van der Waals surface area contributed by atoms with Crippen molar-refractivity contribution in [3.8, 4) is 0 Å². The molecule has 78 valence electrons. The molecule has 2 heterocycles. The number of aromatic nitrogens is 1. The second-order valence-electron chi connectivity index (χ2n) is 3.23. The molecular formula is C11H10ClNO2. The number of nitrogens with zero attached hydrogens (tertiary/aromatic N) is 1. The summed E-state index contributed by atoms with van der Waals surface area (Å²) in [7, 11) is 0. The minimum Gasteiger partial charge on any atom is -0.453 e. The van der Waals surface area contributed by atoms with Crippen molar-refractivity contribution in [3.63, 3.8) is 0 Å². The third kappa shape index (κ3) is 2.37. The van der Waals surface area contributed by atoms with Crippen LogP contribution in [-0.4, -0.2) is 10.1 Å². The van der Waals surface area contributed by atoms with Gasteiger partial charge in [-0.15, -0.1) is 0 Å². The number of rotatable bonds is 3. The molecule has 1 N–H and O–H groups in total. The van der Waals surface area contributed by atoms with Gasteiger partial charge in [0.25, 0.3) is 0 Å². The Kier molecular flexibility index (Phi) is 3.04. The lowest BCUT2D eigenvalue weighted by atomic mass is 10.1. The molecule has 1 unspecified atom stereocenters. The highest BCUT2D eigenvalue weighted by molar-refractivity contribution is 6.29. The van der Waals surface area contributed by atoms with Crippen LogP contribution in [0.2, 0.25) is 5.22 Å². The Hall–Kier alpha value is -1.32. The minimum atomic E-state index is -0.652. The van der Waals surface area contributed by atoms with Crippen molar-refractivity contribution in [2.45, 2.75) is 12.5 Å². The molecule has 0 bridgehead atoms. The number of hydrogen-bond acceptors (Lipinski definition) is 3. The van der Waals surface area contributed by atoms with Gasteiger partial charge in [0.2, 0.25) is 0 Å². The summed E-state index contributed by atoms with van der Waals surface area (Å²) in [5.74, 6) is 0. The molecule has 0 radical (unpaired) electrons. The van der Waals surface area contributed by atoms with Crippen LogP contribution in [-0.2, 0) is 6.42 Å². The standard InChI is InChI=1S/C11H10ClNO2/c12-11-9(3-5-15-11)10(14)6-8-2-1-4-13-7-8/h1-5,7,10,14H,6H2. The monoisotopic (exact) mass is 223 g/mol. The van der Waals surface area contributed by atoms with Gasteiger partial charge in [0.1, 0.15) is 0 Å². The maximum absolute atomic E-state index is 9.87. The summed E-state index contributed by atoms with van der Waals surface area (Å²) in [4.78, 5) is 3.97. The maximum Gasteiger partial charge on any atom is 0.198 e. The van der Waals surface area contributed by atoms with Crippen LogP contribution in [0.4, 0.5) is 0 Å². The Morgan fingerprint density at radius 3 is 2.93 bits per heavy atom. The van der Waals surface area contributed by atoms with Gasteiger partial charge < -0.3 is 9.52 Å². The zero-order valence-electron chi connectivity index (χ0n) is 7.93. The lowest BCUT2D eigenvalue weighted by Gasteiger charge is -2.08. The molecule has 0 spiro atoms. The highest BCUT2D eigenvalue weighted by Crippen LogP contribution is 2.26. The molecule has 0 aromatic carbocycles. The predicted molar refractivity (Wildman–Crippen MR) is 56.6 cm³/mol. The first-order valence-corrected chi connectivity index (χ1v) is 4.95. The average Bonchev–Trinajstić information content (AvgIpc) is 2.66. The fourth-order valence-corrected chi connectivity index (χ4v) is 1.64. The van der Waals surface area contributed by atoms with Crippen LogP contribution >= 0.6 is 11.6 Å². The van der Waals surface area contributed by atoms with E-state index in [1.807, 2.05) is 12.1 Å². The molecular weight excluding hydrogens is 214 g/mol. The van der Waals surface area contributed by atoms with E-state index >= 15 is 0 Å². The Balaban J connectivity index is 2.11. The first-order valence-electron chi connectivity index (χ1n) is 4.57. The van der Waals surface area contributed by atoms with E-state index in [2.05, 4.69) is 4.98 Å². The van der Waals surface area contributed by atoms with Gasteiger partial charge in [-0.2, -0.15) is 0 Å². The molecule has 0 aliphatic carbocycles. The molecule has 3 nitrogen and oxygen atoms in total. The zero-order chi connectivity index (χ0) is 10.7. The van der Waals surface area contributed by atoms with Crippen molar-refractivity contribution in [1.82, 2.24) is 4.98 Å². The van der Waals surface area contributed by atoms with Crippen molar-refractivity contribution in [1.29, 1.82) is 0 Å². The van der Waals surface area contributed by atoms with Crippen molar-refractivity contribution in [3.05, 3.63) is 53.2 Å². The van der Waals surface area contributed by atoms with E-state index in [4.69, 9.17) is 16.0 Å². The molecule has 0 amide bonds. The molecule has 2 rings (SSSR count). The first-order chi connectivity index (χ1) is 7.27. The topological polar surface area (TPSA) is 46.3 Å². The van der Waals surface area contributed by atoms with E-state index in [-0.39, 0.29) is 5.22 Å². The van der Waals surface area contributed by atoms with Gasteiger partial charge >= 0.3 is 0 Å². The third-order valence-corrected chi connectivity index (χ3v) is 2.46. The molecule has 0 saturated heterocycles.